The van der Waals surface area contributed by atoms with E-state index in [4.69, 9.17) is 16.3 Å². The summed E-state index contributed by atoms with van der Waals surface area (Å²) >= 11 is 5.50. The van der Waals surface area contributed by atoms with Crippen molar-refractivity contribution in [1.29, 1.82) is 0 Å². The molecule has 0 saturated carbocycles. The molecule has 25 heavy (non-hydrogen) atoms. The summed E-state index contributed by atoms with van der Waals surface area (Å²) in [5.41, 5.74) is -1.08. The summed E-state index contributed by atoms with van der Waals surface area (Å²) in [6.45, 7) is 0.205. The normalized spacial score (nSPS) is 11.1. The quantitative estimate of drug-likeness (QED) is 0.587. The lowest BCUT2D eigenvalue weighted by molar-refractivity contribution is -0.137. The van der Waals surface area contributed by atoms with Crippen molar-refractivity contribution in [1.82, 2.24) is 5.32 Å². The molecule has 0 radical (unpaired) electrons. The van der Waals surface area contributed by atoms with Crippen LogP contribution in [0.25, 0.3) is 0 Å². The fourth-order valence-electron chi connectivity index (χ4n) is 1.86. The Bertz CT molecular complexity index is 736. The molecule has 134 valence electrons. The third-order valence-corrected chi connectivity index (χ3v) is 3.33. The minimum atomic E-state index is -4.62. The summed E-state index contributed by atoms with van der Waals surface area (Å²) in [6.07, 6.45) is -4.62. The van der Waals surface area contributed by atoms with Gasteiger partial charge >= 0.3 is 12.2 Å². The van der Waals surface area contributed by atoms with Gasteiger partial charge in [0, 0.05) is 5.69 Å². The lowest BCUT2D eigenvalue weighted by Crippen LogP contribution is -2.32. The van der Waals surface area contributed by atoms with Gasteiger partial charge in [0.05, 0.1) is 17.1 Å². The third-order valence-electron chi connectivity index (χ3n) is 3.00. The van der Waals surface area contributed by atoms with E-state index in [-0.39, 0.29) is 18.8 Å². The van der Waals surface area contributed by atoms with Gasteiger partial charge in [-0.25, -0.2) is 9.18 Å². The van der Waals surface area contributed by atoms with Gasteiger partial charge < -0.3 is 15.4 Å². The number of amides is 2. The zero-order valence-corrected chi connectivity index (χ0v) is 13.4. The summed E-state index contributed by atoms with van der Waals surface area (Å²) in [7, 11) is 0. The van der Waals surface area contributed by atoms with Crippen LogP contribution in [0.2, 0.25) is 5.02 Å². The Morgan fingerprint density at radius 3 is 2.44 bits per heavy atom. The number of anilines is 1. The first kappa shape index (κ1) is 18.9. The van der Waals surface area contributed by atoms with Crippen LogP contribution in [-0.2, 0) is 6.18 Å². The van der Waals surface area contributed by atoms with Gasteiger partial charge in [-0.2, -0.15) is 13.2 Å². The Morgan fingerprint density at radius 1 is 1.12 bits per heavy atom. The SMILES string of the molecule is O=C(NCCOc1ccc(F)cc1)Nc1ccc(Cl)c(C(F)(F)F)c1. The molecule has 0 saturated heterocycles. The van der Waals surface area contributed by atoms with Crippen LogP contribution in [0.15, 0.2) is 42.5 Å². The van der Waals surface area contributed by atoms with Crippen molar-refractivity contribution < 1.29 is 27.1 Å². The van der Waals surface area contributed by atoms with E-state index in [1.54, 1.807) is 0 Å². The van der Waals surface area contributed by atoms with E-state index in [1.165, 1.54) is 30.3 Å². The van der Waals surface area contributed by atoms with Crippen molar-refractivity contribution in [2.75, 3.05) is 18.5 Å². The predicted octanol–water partition coefficient (Wildman–Crippen LogP) is 4.70. The molecule has 0 fully saturated rings. The van der Waals surface area contributed by atoms with Gasteiger partial charge in [0.15, 0.2) is 0 Å². The molecule has 0 bridgehead atoms. The van der Waals surface area contributed by atoms with Crippen LogP contribution < -0.4 is 15.4 Å². The smallest absolute Gasteiger partial charge is 0.417 e. The Kier molecular flexibility index (Phi) is 6.08. The van der Waals surface area contributed by atoms with E-state index in [0.717, 1.165) is 12.1 Å². The maximum absolute atomic E-state index is 12.7. The second-order valence-corrected chi connectivity index (χ2v) is 5.28. The van der Waals surface area contributed by atoms with E-state index in [0.29, 0.717) is 5.75 Å². The molecular formula is C16H13ClF4N2O2. The second kappa shape index (κ2) is 8.06. The molecule has 2 N–H and O–H groups in total. The van der Waals surface area contributed by atoms with Gasteiger partial charge in [0.25, 0.3) is 0 Å². The summed E-state index contributed by atoms with van der Waals surface area (Å²) in [6, 6.07) is 7.69. The Morgan fingerprint density at radius 2 is 1.80 bits per heavy atom. The zero-order chi connectivity index (χ0) is 18.4. The maximum Gasteiger partial charge on any atom is 0.417 e. The molecule has 0 aliphatic carbocycles. The zero-order valence-electron chi connectivity index (χ0n) is 12.7. The number of urea groups is 1. The van der Waals surface area contributed by atoms with Crippen LogP contribution in [0.5, 0.6) is 5.75 Å². The van der Waals surface area contributed by atoms with Crippen molar-refractivity contribution in [2.24, 2.45) is 0 Å². The van der Waals surface area contributed by atoms with Crippen LogP contribution in [0.1, 0.15) is 5.56 Å². The molecule has 0 spiro atoms. The maximum atomic E-state index is 12.7. The molecule has 4 nitrogen and oxygen atoms in total. The van der Waals surface area contributed by atoms with Crippen molar-refractivity contribution in [3.05, 3.63) is 58.9 Å². The number of halogens is 5. The van der Waals surface area contributed by atoms with Crippen LogP contribution in [-0.4, -0.2) is 19.2 Å². The van der Waals surface area contributed by atoms with Crippen molar-refractivity contribution in [3.8, 4) is 5.75 Å². The Hall–Kier alpha value is -2.48. The van der Waals surface area contributed by atoms with Crippen LogP contribution in [0.3, 0.4) is 0 Å². The highest BCUT2D eigenvalue weighted by Crippen LogP contribution is 2.36. The summed E-state index contributed by atoms with van der Waals surface area (Å²) < 4.78 is 56.2. The van der Waals surface area contributed by atoms with Gasteiger partial charge in [0.2, 0.25) is 0 Å². The number of carbonyl (C=O) groups excluding carboxylic acids is 1. The van der Waals surface area contributed by atoms with Gasteiger partial charge in [-0.3, -0.25) is 0 Å². The van der Waals surface area contributed by atoms with E-state index in [9.17, 15) is 22.4 Å². The summed E-state index contributed by atoms with van der Waals surface area (Å²) in [5.74, 6) is 0.0298. The van der Waals surface area contributed by atoms with Crippen molar-refractivity contribution in [3.63, 3.8) is 0 Å². The molecule has 2 amide bonds. The molecule has 0 aliphatic rings. The lowest BCUT2D eigenvalue weighted by atomic mass is 10.2. The molecule has 2 aromatic rings. The lowest BCUT2D eigenvalue weighted by Gasteiger charge is -2.12. The highest BCUT2D eigenvalue weighted by atomic mass is 35.5. The fraction of sp³-hybridized carbons (Fsp3) is 0.188. The number of rotatable bonds is 5. The van der Waals surface area contributed by atoms with Gasteiger partial charge in [-0.15, -0.1) is 0 Å². The molecule has 0 aromatic heterocycles. The van der Waals surface area contributed by atoms with Crippen LogP contribution >= 0.6 is 11.6 Å². The number of carbonyl (C=O) groups is 1. The first-order chi connectivity index (χ1) is 11.8. The molecule has 0 aliphatic heterocycles. The van der Waals surface area contributed by atoms with E-state index >= 15 is 0 Å². The van der Waals surface area contributed by atoms with E-state index in [1.807, 2.05) is 0 Å². The highest BCUT2D eigenvalue weighted by molar-refractivity contribution is 6.31. The standard InChI is InChI=1S/C16H13ClF4N2O2/c17-14-6-3-11(9-13(14)16(19,20)21)23-15(24)22-7-8-25-12-4-1-10(18)2-5-12/h1-6,9H,7-8H2,(H2,22,23,24). The molecular weight excluding hydrogens is 364 g/mol. The number of benzene rings is 2. The third kappa shape index (κ3) is 5.82. The first-order valence-electron chi connectivity index (χ1n) is 7.05. The van der Waals surface area contributed by atoms with Gasteiger partial charge in [0.1, 0.15) is 18.2 Å². The topological polar surface area (TPSA) is 50.4 Å². The molecule has 2 aromatic carbocycles. The van der Waals surface area contributed by atoms with Crippen molar-refractivity contribution >= 4 is 23.3 Å². The van der Waals surface area contributed by atoms with Crippen LogP contribution in [0, 0.1) is 5.82 Å². The molecule has 2 rings (SSSR count). The largest absolute Gasteiger partial charge is 0.492 e. The molecule has 0 unspecified atom stereocenters. The molecule has 9 heteroatoms. The minimum Gasteiger partial charge on any atom is -0.492 e. The summed E-state index contributed by atoms with van der Waals surface area (Å²) in [5, 5.41) is 4.24. The van der Waals surface area contributed by atoms with E-state index < -0.39 is 28.6 Å². The Balaban J connectivity index is 1.81. The monoisotopic (exact) mass is 376 g/mol. The number of nitrogens with one attached hydrogen (secondary N) is 2. The van der Waals surface area contributed by atoms with Crippen LogP contribution in [0.4, 0.5) is 28.0 Å². The van der Waals surface area contributed by atoms with E-state index in [2.05, 4.69) is 10.6 Å². The predicted molar refractivity (Wildman–Crippen MR) is 85.4 cm³/mol. The average molecular weight is 377 g/mol. The number of hydrogen-bond donors (Lipinski definition) is 2. The fourth-order valence-corrected chi connectivity index (χ4v) is 2.08. The first-order valence-corrected chi connectivity index (χ1v) is 7.43. The molecule has 0 atom stereocenters. The molecule has 0 heterocycles. The van der Waals surface area contributed by atoms with Gasteiger partial charge in [-0.1, -0.05) is 11.6 Å². The number of ether oxygens (including phenoxy) is 1. The second-order valence-electron chi connectivity index (χ2n) is 4.88. The average Bonchev–Trinajstić information content (AvgIpc) is 2.54. The van der Waals surface area contributed by atoms with Gasteiger partial charge in [-0.05, 0) is 42.5 Å². The number of alkyl halides is 3. The number of hydrogen-bond acceptors (Lipinski definition) is 2. The Labute approximate surface area is 145 Å². The van der Waals surface area contributed by atoms with Crippen molar-refractivity contribution in [2.45, 2.75) is 6.18 Å². The summed E-state index contributed by atoms with van der Waals surface area (Å²) in [4.78, 5) is 11.7. The minimum absolute atomic E-state index is 0.0475. The highest BCUT2D eigenvalue weighted by Gasteiger charge is 2.33.